The third kappa shape index (κ3) is 1.53. The van der Waals surface area contributed by atoms with E-state index < -0.39 is 0 Å². The molecule has 3 aromatic rings. The summed E-state index contributed by atoms with van der Waals surface area (Å²) in [5.74, 6) is 0.522. The largest absolute Gasteiger partial charge is 0.369 e. The highest BCUT2D eigenvalue weighted by atomic mass is 32.1. The molecule has 0 aromatic carbocycles. The Hall–Kier alpha value is -1.82. The lowest BCUT2D eigenvalue weighted by Gasteiger charge is -2.03. The van der Waals surface area contributed by atoms with Crippen LogP contribution in [0.1, 0.15) is 19.0 Å². The van der Waals surface area contributed by atoms with E-state index in [2.05, 4.69) is 22.4 Å². The fraction of sp³-hybridized carbons (Fsp3) is 0.333. The van der Waals surface area contributed by atoms with Crippen molar-refractivity contribution in [2.24, 2.45) is 7.05 Å². The zero-order chi connectivity index (χ0) is 12.7. The van der Waals surface area contributed by atoms with Gasteiger partial charge in [-0.05, 0) is 17.9 Å². The van der Waals surface area contributed by atoms with Gasteiger partial charge in [0.05, 0.1) is 11.4 Å². The maximum atomic E-state index is 6.04. The van der Waals surface area contributed by atoms with Gasteiger partial charge < -0.3 is 5.73 Å². The van der Waals surface area contributed by atoms with Crippen molar-refractivity contribution in [2.75, 3.05) is 5.73 Å². The Balaban J connectivity index is 2.29. The second kappa shape index (κ2) is 4.13. The molecule has 2 N–H and O–H groups in total. The molecule has 0 atom stereocenters. The lowest BCUT2D eigenvalue weighted by atomic mass is 10.2. The zero-order valence-corrected chi connectivity index (χ0v) is 11.2. The predicted octanol–water partition coefficient (Wildman–Crippen LogP) is 2.36. The van der Waals surface area contributed by atoms with Crippen molar-refractivity contribution < 1.29 is 0 Å². The van der Waals surface area contributed by atoms with Gasteiger partial charge in [-0.25, -0.2) is 9.67 Å². The van der Waals surface area contributed by atoms with Gasteiger partial charge in [-0.1, -0.05) is 13.3 Å². The Labute approximate surface area is 109 Å². The van der Waals surface area contributed by atoms with E-state index in [0.717, 1.165) is 35.4 Å². The molecule has 18 heavy (non-hydrogen) atoms. The molecule has 3 aromatic heterocycles. The first kappa shape index (κ1) is 11.3. The molecule has 0 aliphatic carbocycles. The molecule has 0 saturated carbocycles. The Morgan fingerprint density at radius 2 is 2.28 bits per heavy atom. The fourth-order valence-corrected chi connectivity index (χ4v) is 2.86. The monoisotopic (exact) mass is 261 g/mol. The summed E-state index contributed by atoms with van der Waals surface area (Å²) in [5.41, 5.74) is 10.00. The molecule has 5 nitrogen and oxygen atoms in total. The quantitative estimate of drug-likeness (QED) is 0.787. The van der Waals surface area contributed by atoms with Crippen LogP contribution in [0.4, 0.5) is 5.95 Å². The number of anilines is 1. The van der Waals surface area contributed by atoms with Gasteiger partial charge in [0.15, 0.2) is 5.65 Å². The van der Waals surface area contributed by atoms with Gasteiger partial charge in [0.25, 0.3) is 0 Å². The van der Waals surface area contributed by atoms with Crippen LogP contribution in [0.25, 0.3) is 16.9 Å². The summed E-state index contributed by atoms with van der Waals surface area (Å²) in [4.78, 5) is 4.47. The van der Waals surface area contributed by atoms with Crippen molar-refractivity contribution in [3.8, 4) is 5.69 Å². The topological polar surface area (TPSA) is 61.7 Å². The number of thiophene rings is 1. The summed E-state index contributed by atoms with van der Waals surface area (Å²) in [6.45, 7) is 2.14. The van der Waals surface area contributed by atoms with Crippen molar-refractivity contribution in [1.29, 1.82) is 0 Å². The summed E-state index contributed by atoms with van der Waals surface area (Å²) in [7, 11) is 1.94. The maximum Gasteiger partial charge on any atom is 0.207 e. The summed E-state index contributed by atoms with van der Waals surface area (Å²) in [6.07, 6.45) is 1.98. The van der Waals surface area contributed by atoms with Crippen molar-refractivity contribution in [3.63, 3.8) is 0 Å². The van der Waals surface area contributed by atoms with E-state index in [9.17, 15) is 0 Å². The number of nitrogens with zero attached hydrogens (tertiary/aromatic N) is 4. The molecule has 0 bridgehead atoms. The predicted molar refractivity (Wildman–Crippen MR) is 74.1 cm³/mol. The van der Waals surface area contributed by atoms with Crippen molar-refractivity contribution >= 4 is 28.4 Å². The highest BCUT2D eigenvalue weighted by molar-refractivity contribution is 7.08. The Kier molecular flexibility index (Phi) is 2.59. The first-order valence-electron chi connectivity index (χ1n) is 5.94. The molecule has 0 aliphatic heterocycles. The van der Waals surface area contributed by atoms with Crippen LogP contribution < -0.4 is 5.73 Å². The number of nitrogen functional groups attached to an aromatic ring is 1. The van der Waals surface area contributed by atoms with E-state index in [-0.39, 0.29) is 0 Å². The molecule has 94 valence electrons. The minimum absolute atomic E-state index is 0.522. The van der Waals surface area contributed by atoms with Crippen LogP contribution in [-0.2, 0) is 13.5 Å². The van der Waals surface area contributed by atoms with Crippen molar-refractivity contribution in [1.82, 2.24) is 19.3 Å². The lowest BCUT2D eigenvalue weighted by Crippen LogP contribution is -2.04. The van der Waals surface area contributed by atoms with Crippen molar-refractivity contribution in [3.05, 3.63) is 22.5 Å². The summed E-state index contributed by atoms with van der Waals surface area (Å²) >= 11 is 1.64. The van der Waals surface area contributed by atoms with Crippen molar-refractivity contribution in [2.45, 2.75) is 19.8 Å². The molecule has 0 radical (unpaired) electrons. The number of hydrogen-bond donors (Lipinski definition) is 1. The van der Waals surface area contributed by atoms with Gasteiger partial charge in [-0.2, -0.15) is 16.4 Å². The lowest BCUT2D eigenvalue weighted by molar-refractivity contribution is 0.738. The van der Waals surface area contributed by atoms with Gasteiger partial charge in [-0.15, -0.1) is 0 Å². The number of aryl methyl sites for hydroxylation is 2. The highest BCUT2D eigenvalue weighted by Gasteiger charge is 2.18. The number of rotatable bonds is 3. The first-order valence-corrected chi connectivity index (χ1v) is 6.89. The normalized spacial score (nSPS) is 11.4. The van der Waals surface area contributed by atoms with Crippen LogP contribution in [0.15, 0.2) is 16.8 Å². The number of aromatic nitrogens is 4. The standard InChI is InChI=1S/C12H15N5S/c1-3-4-9-10-11(16(2)15-9)17(12(13)14-10)8-5-6-18-7-8/h5-7H,3-4H2,1-2H3,(H2,13,14). The molecular formula is C12H15N5S. The smallest absolute Gasteiger partial charge is 0.207 e. The minimum Gasteiger partial charge on any atom is -0.369 e. The first-order chi connectivity index (χ1) is 8.72. The molecule has 0 saturated heterocycles. The number of fused-ring (bicyclic) bond motifs is 1. The van der Waals surface area contributed by atoms with E-state index in [1.807, 2.05) is 27.7 Å². The van der Waals surface area contributed by atoms with Gasteiger partial charge in [-0.3, -0.25) is 4.57 Å². The Morgan fingerprint density at radius 1 is 1.44 bits per heavy atom. The minimum atomic E-state index is 0.522. The summed E-state index contributed by atoms with van der Waals surface area (Å²) in [5, 5.41) is 8.62. The van der Waals surface area contributed by atoms with E-state index in [4.69, 9.17) is 5.73 Å². The average Bonchev–Trinajstić information content (AvgIpc) is 2.99. The Bertz CT molecular complexity index is 677. The van der Waals surface area contributed by atoms with Gasteiger partial charge in [0, 0.05) is 12.4 Å². The molecule has 3 heterocycles. The maximum absolute atomic E-state index is 6.04. The number of nitrogens with two attached hydrogens (primary N) is 1. The second-order valence-electron chi connectivity index (χ2n) is 4.28. The van der Waals surface area contributed by atoms with E-state index >= 15 is 0 Å². The Morgan fingerprint density at radius 3 is 2.94 bits per heavy atom. The van der Waals surface area contributed by atoms with Crippen LogP contribution in [0.3, 0.4) is 0 Å². The summed E-state index contributed by atoms with van der Waals surface area (Å²) in [6, 6.07) is 2.04. The van der Waals surface area contributed by atoms with Gasteiger partial charge >= 0.3 is 0 Å². The van der Waals surface area contributed by atoms with Crippen LogP contribution in [0.5, 0.6) is 0 Å². The SMILES string of the molecule is CCCc1nn(C)c2c1nc(N)n2-c1ccsc1. The molecule has 6 heteroatoms. The molecule has 0 amide bonds. The molecular weight excluding hydrogens is 246 g/mol. The van der Waals surface area contributed by atoms with Crippen LogP contribution in [0.2, 0.25) is 0 Å². The number of imidazole rings is 1. The molecule has 0 spiro atoms. The van der Waals surface area contributed by atoms with Crippen LogP contribution >= 0.6 is 11.3 Å². The second-order valence-corrected chi connectivity index (χ2v) is 5.06. The third-order valence-corrected chi connectivity index (χ3v) is 3.65. The zero-order valence-electron chi connectivity index (χ0n) is 10.4. The molecule has 0 unspecified atom stereocenters. The average molecular weight is 261 g/mol. The molecule has 3 rings (SSSR count). The van der Waals surface area contributed by atoms with Crippen LogP contribution in [0, 0.1) is 0 Å². The van der Waals surface area contributed by atoms with E-state index in [0.29, 0.717) is 5.95 Å². The van der Waals surface area contributed by atoms with Gasteiger partial charge in [0.1, 0.15) is 5.52 Å². The summed E-state index contributed by atoms with van der Waals surface area (Å²) < 4.78 is 3.82. The molecule has 0 aliphatic rings. The third-order valence-electron chi connectivity index (χ3n) is 2.98. The van der Waals surface area contributed by atoms with E-state index in [1.165, 1.54) is 0 Å². The fourth-order valence-electron chi connectivity index (χ4n) is 2.24. The van der Waals surface area contributed by atoms with Crippen LogP contribution in [-0.4, -0.2) is 19.3 Å². The highest BCUT2D eigenvalue weighted by Crippen LogP contribution is 2.26. The molecule has 0 fully saturated rings. The number of hydrogen-bond acceptors (Lipinski definition) is 4. The van der Waals surface area contributed by atoms with E-state index in [1.54, 1.807) is 11.3 Å². The van der Waals surface area contributed by atoms with Gasteiger partial charge in [0.2, 0.25) is 5.95 Å².